The van der Waals surface area contributed by atoms with Crippen molar-refractivity contribution in [3.63, 3.8) is 0 Å². The van der Waals surface area contributed by atoms with Gasteiger partial charge in [-0.15, -0.1) is 0 Å². The minimum atomic E-state index is -2.55. The first-order valence-corrected chi connectivity index (χ1v) is 8.78. The summed E-state index contributed by atoms with van der Waals surface area (Å²) in [5.74, 6) is 0. The highest BCUT2D eigenvalue weighted by atomic mass is 28.4. The van der Waals surface area contributed by atoms with Crippen molar-refractivity contribution in [3.8, 4) is 0 Å². The highest BCUT2D eigenvalue weighted by Gasteiger charge is 2.41. The highest BCUT2D eigenvalue weighted by Crippen LogP contribution is 2.20. The monoisotopic (exact) mass is 263 g/mol. The van der Waals surface area contributed by atoms with Crippen LogP contribution in [0.25, 0.3) is 0 Å². The van der Waals surface area contributed by atoms with Gasteiger partial charge >= 0.3 is 8.80 Å². The van der Waals surface area contributed by atoms with Crippen LogP contribution in [0.1, 0.15) is 53.4 Å². The predicted molar refractivity (Wildman–Crippen MR) is 72.7 cm³/mol. The number of rotatable bonds is 11. The molecule has 0 aromatic heterocycles. The Kier molecular flexibility index (Phi) is 10.1. The van der Waals surface area contributed by atoms with Crippen LogP contribution in [-0.2, 0) is 13.3 Å². The van der Waals surface area contributed by atoms with Gasteiger partial charge in [0.1, 0.15) is 0 Å². The van der Waals surface area contributed by atoms with Crippen molar-refractivity contribution in [2.45, 2.75) is 65.7 Å². The topological polar surface area (TPSA) is 53.7 Å². The third kappa shape index (κ3) is 7.16. The predicted octanol–water partition coefficient (Wildman–Crippen LogP) is 2.90. The van der Waals surface area contributed by atoms with E-state index in [-0.39, 0.29) is 6.23 Å². The standard InChI is InChI=1S/C12H29NO3Si/c1-5-9-14-17(11-7-3,15-10-6-2)16-12(13)8-4/h12H,5-11,13H2,1-4H3. The lowest BCUT2D eigenvalue weighted by atomic mass is 10.5. The summed E-state index contributed by atoms with van der Waals surface area (Å²) in [6.07, 6.45) is 3.44. The van der Waals surface area contributed by atoms with Gasteiger partial charge in [-0.3, -0.25) is 0 Å². The van der Waals surface area contributed by atoms with Crippen molar-refractivity contribution >= 4 is 8.80 Å². The lowest BCUT2D eigenvalue weighted by Gasteiger charge is -2.31. The van der Waals surface area contributed by atoms with Gasteiger partial charge in [0.05, 0.1) is 6.23 Å². The molecule has 0 bridgehead atoms. The summed E-state index contributed by atoms with van der Waals surface area (Å²) in [6.45, 7) is 9.68. The van der Waals surface area contributed by atoms with Crippen LogP contribution in [0.2, 0.25) is 6.04 Å². The molecule has 0 aromatic rings. The van der Waals surface area contributed by atoms with E-state index < -0.39 is 8.80 Å². The molecule has 0 fully saturated rings. The molecule has 104 valence electrons. The van der Waals surface area contributed by atoms with E-state index in [1.165, 1.54) is 0 Å². The lowest BCUT2D eigenvalue weighted by Crippen LogP contribution is -2.50. The number of nitrogens with two attached hydrogens (primary N) is 1. The molecule has 2 N–H and O–H groups in total. The molecule has 0 aliphatic heterocycles. The van der Waals surface area contributed by atoms with Crippen LogP contribution in [0.3, 0.4) is 0 Å². The van der Waals surface area contributed by atoms with E-state index >= 15 is 0 Å². The second-order valence-corrected chi connectivity index (χ2v) is 6.87. The van der Waals surface area contributed by atoms with Crippen molar-refractivity contribution in [2.75, 3.05) is 13.2 Å². The summed E-state index contributed by atoms with van der Waals surface area (Å²) in [5, 5.41) is 0. The lowest BCUT2D eigenvalue weighted by molar-refractivity contribution is 0.0271. The molecule has 5 heteroatoms. The Morgan fingerprint density at radius 2 is 1.47 bits per heavy atom. The van der Waals surface area contributed by atoms with E-state index in [0.717, 1.165) is 31.7 Å². The highest BCUT2D eigenvalue weighted by molar-refractivity contribution is 6.60. The van der Waals surface area contributed by atoms with Crippen LogP contribution in [0.5, 0.6) is 0 Å². The van der Waals surface area contributed by atoms with Crippen molar-refractivity contribution in [1.82, 2.24) is 0 Å². The summed E-state index contributed by atoms with van der Waals surface area (Å²) < 4.78 is 17.7. The third-order valence-electron chi connectivity index (χ3n) is 2.34. The van der Waals surface area contributed by atoms with Crippen LogP contribution in [0.4, 0.5) is 0 Å². The Morgan fingerprint density at radius 1 is 0.941 bits per heavy atom. The van der Waals surface area contributed by atoms with Crippen LogP contribution < -0.4 is 5.73 Å². The molecular formula is C12H29NO3Si. The fourth-order valence-corrected chi connectivity index (χ4v) is 4.34. The van der Waals surface area contributed by atoms with Crippen LogP contribution in [0, 0.1) is 0 Å². The Labute approximate surface area is 107 Å². The second kappa shape index (κ2) is 10.0. The summed E-state index contributed by atoms with van der Waals surface area (Å²) in [6, 6.07) is 0.848. The zero-order chi connectivity index (χ0) is 13.1. The smallest absolute Gasteiger partial charge is 0.373 e. The van der Waals surface area contributed by atoms with Gasteiger partial charge in [-0.1, -0.05) is 34.1 Å². The van der Waals surface area contributed by atoms with E-state index in [9.17, 15) is 0 Å². The molecule has 4 nitrogen and oxygen atoms in total. The van der Waals surface area contributed by atoms with Gasteiger partial charge in [0.2, 0.25) is 0 Å². The molecule has 0 amide bonds. The fourth-order valence-electron chi connectivity index (χ4n) is 1.45. The molecule has 17 heavy (non-hydrogen) atoms. The molecule has 0 aliphatic carbocycles. The molecule has 0 spiro atoms. The zero-order valence-corrected chi connectivity index (χ0v) is 12.8. The molecular weight excluding hydrogens is 234 g/mol. The van der Waals surface area contributed by atoms with Gasteiger partial charge in [-0.25, -0.2) is 0 Å². The average Bonchev–Trinajstić information content (AvgIpc) is 2.34. The largest absolute Gasteiger partial charge is 0.502 e. The van der Waals surface area contributed by atoms with Gasteiger partial charge in [-0.2, -0.15) is 0 Å². The second-order valence-electron chi connectivity index (χ2n) is 4.19. The van der Waals surface area contributed by atoms with Gasteiger partial charge in [0, 0.05) is 19.3 Å². The molecule has 0 saturated heterocycles. The van der Waals surface area contributed by atoms with Crippen LogP contribution in [0.15, 0.2) is 0 Å². The average molecular weight is 263 g/mol. The fraction of sp³-hybridized carbons (Fsp3) is 1.00. The SMILES string of the molecule is CCCO[Si](CCC)(OCCC)OC(N)CC. The van der Waals surface area contributed by atoms with Crippen molar-refractivity contribution in [2.24, 2.45) is 5.73 Å². The Morgan fingerprint density at radius 3 is 1.82 bits per heavy atom. The maximum Gasteiger partial charge on any atom is 0.502 e. The molecule has 1 atom stereocenters. The molecule has 0 aromatic carbocycles. The van der Waals surface area contributed by atoms with E-state index in [4.69, 9.17) is 19.0 Å². The molecule has 0 aliphatic rings. The molecule has 0 radical (unpaired) electrons. The number of hydrogen-bond acceptors (Lipinski definition) is 4. The van der Waals surface area contributed by atoms with Gasteiger partial charge in [0.25, 0.3) is 0 Å². The Bertz CT molecular complexity index is 173. The van der Waals surface area contributed by atoms with Gasteiger partial charge in [-0.05, 0) is 19.3 Å². The number of hydrogen-bond donors (Lipinski definition) is 1. The van der Waals surface area contributed by atoms with E-state index in [1.807, 2.05) is 6.92 Å². The molecule has 0 heterocycles. The van der Waals surface area contributed by atoms with E-state index in [2.05, 4.69) is 20.8 Å². The first-order chi connectivity index (χ1) is 8.14. The first kappa shape index (κ1) is 17.1. The summed E-state index contributed by atoms with van der Waals surface area (Å²) >= 11 is 0. The Hall–Kier alpha value is 0.0569. The third-order valence-corrected chi connectivity index (χ3v) is 5.40. The summed E-state index contributed by atoms with van der Waals surface area (Å²) in [5.41, 5.74) is 5.89. The van der Waals surface area contributed by atoms with Crippen molar-refractivity contribution in [3.05, 3.63) is 0 Å². The molecule has 0 saturated carbocycles. The molecule has 0 rings (SSSR count). The maximum absolute atomic E-state index is 5.91. The minimum Gasteiger partial charge on any atom is -0.373 e. The minimum absolute atomic E-state index is 0.276. The Balaban J connectivity index is 4.54. The quantitative estimate of drug-likeness (QED) is 0.460. The molecule has 1 unspecified atom stereocenters. The first-order valence-electron chi connectivity index (χ1n) is 6.85. The van der Waals surface area contributed by atoms with Crippen molar-refractivity contribution in [1.29, 1.82) is 0 Å². The van der Waals surface area contributed by atoms with E-state index in [1.54, 1.807) is 0 Å². The van der Waals surface area contributed by atoms with Crippen LogP contribution in [-0.4, -0.2) is 28.2 Å². The van der Waals surface area contributed by atoms with Crippen molar-refractivity contribution < 1.29 is 13.3 Å². The summed E-state index contributed by atoms with van der Waals surface area (Å²) in [7, 11) is -2.55. The summed E-state index contributed by atoms with van der Waals surface area (Å²) in [4.78, 5) is 0. The van der Waals surface area contributed by atoms with Gasteiger partial charge < -0.3 is 19.0 Å². The van der Waals surface area contributed by atoms with Crippen LogP contribution >= 0.6 is 0 Å². The maximum atomic E-state index is 5.91. The zero-order valence-electron chi connectivity index (χ0n) is 11.8. The van der Waals surface area contributed by atoms with E-state index in [0.29, 0.717) is 13.2 Å². The van der Waals surface area contributed by atoms with Gasteiger partial charge in [0.15, 0.2) is 0 Å². The normalized spacial score (nSPS) is 13.9.